The molecule has 0 spiro atoms. The maximum absolute atomic E-state index is 12.9. The molecule has 2 N–H and O–H groups in total. The number of benzene rings is 2. The lowest BCUT2D eigenvalue weighted by atomic mass is 10.1. The molecule has 2 aromatic carbocycles. The first-order chi connectivity index (χ1) is 17.5. The smallest absolute Gasteiger partial charge is 0.229 e. The largest absolute Gasteiger partial charge is 0.497 e. The van der Waals surface area contributed by atoms with Crippen molar-refractivity contribution < 1.29 is 14.3 Å². The molecular formula is C27H30N6O3. The molecule has 0 aliphatic carbocycles. The van der Waals surface area contributed by atoms with Gasteiger partial charge in [-0.05, 0) is 56.2 Å². The van der Waals surface area contributed by atoms with Gasteiger partial charge in [0.05, 0.1) is 13.0 Å². The lowest BCUT2D eigenvalue weighted by Gasteiger charge is -2.17. The quantitative estimate of drug-likeness (QED) is 0.518. The summed E-state index contributed by atoms with van der Waals surface area (Å²) in [6.07, 6.45) is 2.51. The molecule has 1 aromatic heterocycles. The van der Waals surface area contributed by atoms with Gasteiger partial charge in [0, 0.05) is 60.9 Å². The van der Waals surface area contributed by atoms with Gasteiger partial charge in [-0.25, -0.2) is 4.98 Å². The van der Waals surface area contributed by atoms with E-state index >= 15 is 0 Å². The third-order valence-corrected chi connectivity index (χ3v) is 6.52. The molecule has 1 unspecified atom stereocenters. The minimum Gasteiger partial charge on any atom is -0.497 e. The third-order valence-electron chi connectivity index (χ3n) is 6.52. The summed E-state index contributed by atoms with van der Waals surface area (Å²) in [6, 6.07) is 16.7. The summed E-state index contributed by atoms with van der Waals surface area (Å²) in [4.78, 5) is 38.6. The predicted octanol–water partition coefficient (Wildman–Crippen LogP) is 4.13. The van der Waals surface area contributed by atoms with Gasteiger partial charge in [-0.3, -0.25) is 9.59 Å². The van der Waals surface area contributed by atoms with E-state index in [9.17, 15) is 9.59 Å². The first-order valence-electron chi connectivity index (χ1n) is 12.2. The Bertz CT molecular complexity index is 1260. The zero-order valence-corrected chi connectivity index (χ0v) is 20.5. The average molecular weight is 487 g/mol. The number of methoxy groups -OCH3 is 1. The number of anilines is 5. The molecule has 2 fully saturated rings. The Morgan fingerprint density at radius 1 is 1.03 bits per heavy atom. The molecular weight excluding hydrogens is 456 g/mol. The number of nitrogens with one attached hydrogen (secondary N) is 2. The molecule has 3 heterocycles. The van der Waals surface area contributed by atoms with E-state index in [1.807, 2.05) is 55.5 Å². The van der Waals surface area contributed by atoms with Gasteiger partial charge >= 0.3 is 0 Å². The number of aromatic nitrogens is 2. The van der Waals surface area contributed by atoms with E-state index in [0.29, 0.717) is 18.0 Å². The van der Waals surface area contributed by atoms with Crippen molar-refractivity contribution in [1.29, 1.82) is 0 Å². The van der Waals surface area contributed by atoms with Gasteiger partial charge in [0.25, 0.3) is 0 Å². The van der Waals surface area contributed by atoms with Crippen LogP contribution >= 0.6 is 0 Å². The molecule has 36 heavy (non-hydrogen) atoms. The van der Waals surface area contributed by atoms with Crippen LogP contribution in [0.25, 0.3) is 0 Å². The molecule has 0 bridgehead atoms. The van der Waals surface area contributed by atoms with Gasteiger partial charge in [-0.2, -0.15) is 4.98 Å². The molecule has 0 saturated carbocycles. The lowest BCUT2D eigenvalue weighted by Crippen LogP contribution is -2.28. The standard InChI is InChI=1S/C27H30N6O3/c1-18-14-24(31-27(28-18)32-12-3-4-13-32)29-20-8-10-21(11-9-20)30-26(35)19-15-25(34)33(17-19)22-6-5-7-23(16-22)36-2/h5-11,14,16,19H,3-4,12-13,15,17H2,1-2H3,(H,30,35)(H,28,29,31). The molecule has 5 rings (SSSR count). The molecule has 2 aliphatic heterocycles. The number of ether oxygens (including phenoxy) is 1. The highest BCUT2D eigenvalue weighted by atomic mass is 16.5. The molecule has 0 radical (unpaired) electrons. The summed E-state index contributed by atoms with van der Waals surface area (Å²) in [6.45, 7) is 4.28. The van der Waals surface area contributed by atoms with Crippen LogP contribution in [0.4, 0.5) is 28.8 Å². The van der Waals surface area contributed by atoms with E-state index in [2.05, 4.69) is 25.5 Å². The summed E-state index contributed by atoms with van der Waals surface area (Å²) < 4.78 is 5.25. The highest BCUT2D eigenvalue weighted by Gasteiger charge is 2.35. The summed E-state index contributed by atoms with van der Waals surface area (Å²) >= 11 is 0. The van der Waals surface area contributed by atoms with Crippen molar-refractivity contribution in [3.63, 3.8) is 0 Å². The maximum Gasteiger partial charge on any atom is 0.229 e. The number of rotatable bonds is 7. The predicted molar refractivity (Wildman–Crippen MR) is 140 cm³/mol. The van der Waals surface area contributed by atoms with Crippen molar-refractivity contribution in [3.8, 4) is 5.75 Å². The van der Waals surface area contributed by atoms with E-state index in [4.69, 9.17) is 4.74 Å². The number of nitrogens with zero attached hydrogens (tertiary/aromatic N) is 4. The van der Waals surface area contributed by atoms with Crippen molar-refractivity contribution in [2.75, 3.05) is 47.2 Å². The Kier molecular flexibility index (Phi) is 6.71. The number of aryl methyl sites for hydroxylation is 1. The number of hydrogen-bond acceptors (Lipinski definition) is 7. The van der Waals surface area contributed by atoms with Crippen LogP contribution in [-0.4, -0.2) is 48.5 Å². The highest BCUT2D eigenvalue weighted by Crippen LogP contribution is 2.29. The zero-order valence-electron chi connectivity index (χ0n) is 20.5. The molecule has 3 aromatic rings. The normalized spacial score (nSPS) is 17.4. The van der Waals surface area contributed by atoms with Gasteiger partial charge in [0.1, 0.15) is 11.6 Å². The molecule has 2 saturated heterocycles. The van der Waals surface area contributed by atoms with Crippen LogP contribution in [-0.2, 0) is 9.59 Å². The zero-order chi connectivity index (χ0) is 25.1. The first-order valence-corrected chi connectivity index (χ1v) is 12.2. The minimum atomic E-state index is -0.422. The molecule has 9 heteroatoms. The van der Waals surface area contributed by atoms with Crippen LogP contribution in [0.15, 0.2) is 54.6 Å². The number of amides is 2. The molecule has 1 atom stereocenters. The van der Waals surface area contributed by atoms with Gasteiger partial charge in [-0.1, -0.05) is 6.07 Å². The number of carbonyl (C=O) groups is 2. The van der Waals surface area contributed by atoms with E-state index in [-0.39, 0.29) is 18.2 Å². The second kappa shape index (κ2) is 10.2. The highest BCUT2D eigenvalue weighted by molar-refractivity contribution is 6.03. The average Bonchev–Trinajstić information content (AvgIpc) is 3.55. The lowest BCUT2D eigenvalue weighted by molar-refractivity contribution is -0.122. The SMILES string of the molecule is COc1cccc(N2CC(C(=O)Nc3ccc(Nc4cc(C)nc(N5CCCC5)n4)cc3)CC2=O)c1. The number of hydrogen-bond donors (Lipinski definition) is 2. The van der Waals surface area contributed by atoms with Gasteiger partial charge < -0.3 is 25.2 Å². The summed E-state index contributed by atoms with van der Waals surface area (Å²) in [5, 5.41) is 6.27. The molecule has 186 valence electrons. The van der Waals surface area contributed by atoms with Gasteiger partial charge in [-0.15, -0.1) is 0 Å². The monoisotopic (exact) mass is 486 g/mol. The van der Waals surface area contributed by atoms with Gasteiger partial charge in [0.2, 0.25) is 17.8 Å². The molecule has 2 amide bonds. The van der Waals surface area contributed by atoms with Crippen molar-refractivity contribution in [1.82, 2.24) is 9.97 Å². The minimum absolute atomic E-state index is 0.0728. The van der Waals surface area contributed by atoms with Crippen LogP contribution < -0.4 is 25.2 Å². The van der Waals surface area contributed by atoms with Crippen LogP contribution in [0.1, 0.15) is 25.0 Å². The van der Waals surface area contributed by atoms with Crippen LogP contribution in [0.2, 0.25) is 0 Å². The topological polar surface area (TPSA) is 99.7 Å². The van der Waals surface area contributed by atoms with Crippen molar-refractivity contribution >= 4 is 40.6 Å². The number of carbonyl (C=O) groups excluding carboxylic acids is 2. The summed E-state index contributed by atoms with van der Waals surface area (Å²) in [5.41, 5.74) is 3.18. The fourth-order valence-electron chi connectivity index (χ4n) is 4.62. The fourth-order valence-corrected chi connectivity index (χ4v) is 4.62. The third kappa shape index (κ3) is 5.25. The second-order valence-electron chi connectivity index (χ2n) is 9.19. The Morgan fingerprint density at radius 2 is 1.78 bits per heavy atom. The Balaban J connectivity index is 1.20. The second-order valence-corrected chi connectivity index (χ2v) is 9.19. The van der Waals surface area contributed by atoms with Crippen LogP contribution in [0.3, 0.4) is 0 Å². The molecule has 9 nitrogen and oxygen atoms in total. The van der Waals surface area contributed by atoms with E-state index in [1.54, 1.807) is 18.1 Å². The molecule has 2 aliphatic rings. The first kappa shape index (κ1) is 23.6. The van der Waals surface area contributed by atoms with E-state index < -0.39 is 5.92 Å². The summed E-state index contributed by atoms with van der Waals surface area (Å²) in [5.74, 6) is 1.50. The van der Waals surface area contributed by atoms with Crippen molar-refractivity contribution in [3.05, 3.63) is 60.3 Å². The maximum atomic E-state index is 12.9. The Morgan fingerprint density at radius 3 is 2.53 bits per heavy atom. The van der Waals surface area contributed by atoms with E-state index in [1.165, 1.54) is 12.8 Å². The van der Waals surface area contributed by atoms with Crippen LogP contribution in [0.5, 0.6) is 5.75 Å². The van der Waals surface area contributed by atoms with Crippen molar-refractivity contribution in [2.24, 2.45) is 5.92 Å². The Hall–Kier alpha value is -4.14. The van der Waals surface area contributed by atoms with Gasteiger partial charge in [0.15, 0.2) is 0 Å². The van der Waals surface area contributed by atoms with Crippen LogP contribution in [0, 0.1) is 12.8 Å². The summed E-state index contributed by atoms with van der Waals surface area (Å²) in [7, 11) is 1.59. The Labute approximate surface area is 210 Å². The fraction of sp³-hybridized carbons (Fsp3) is 0.333. The van der Waals surface area contributed by atoms with Crippen molar-refractivity contribution in [2.45, 2.75) is 26.2 Å². The van der Waals surface area contributed by atoms with E-state index in [0.717, 1.165) is 41.9 Å².